The molecule has 0 radical (unpaired) electrons. The zero-order chi connectivity index (χ0) is 13.0. The maximum absolute atomic E-state index is 5.88. The maximum atomic E-state index is 5.88. The summed E-state index contributed by atoms with van der Waals surface area (Å²) in [6.45, 7) is 3.98. The molecular formula is C14H17NO2S. The van der Waals surface area contributed by atoms with Crippen molar-refractivity contribution >= 4 is 17.4 Å². The molecule has 0 bridgehead atoms. The molecule has 0 atom stereocenters. The van der Waals surface area contributed by atoms with Crippen molar-refractivity contribution in [2.45, 2.75) is 30.6 Å². The summed E-state index contributed by atoms with van der Waals surface area (Å²) in [5, 5.41) is 0. The number of hydrogen-bond donors (Lipinski definition) is 1. The second kappa shape index (κ2) is 5.87. The van der Waals surface area contributed by atoms with E-state index in [4.69, 9.17) is 14.9 Å². The van der Waals surface area contributed by atoms with Gasteiger partial charge < -0.3 is 14.9 Å². The van der Waals surface area contributed by atoms with Crippen molar-refractivity contribution in [1.82, 2.24) is 0 Å². The van der Waals surface area contributed by atoms with Crippen molar-refractivity contribution in [2.75, 3.05) is 5.73 Å². The molecule has 0 saturated heterocycles. The summed E-state index contributed by atoms with van der Waals surface area (Å²) >= 11 is 1.70. The van der Waals surface area contributed by atoms with Crippen LogP contribution in [-0.4, -0.2) is 6.10 Å². The van der Waals surface area contributed by atoms with E-state index in [1.807, 2.05) is 44.2 Å². The third kappa shape index (κ3) is 3.47. The van der Waals surface area contributed by atoms with Crippen LogP contribution in [0.25, 0.3) is 0 Å². The monoisotopic (exact) mass is 263 g/mol. The fourth-order valence-corrected chi connectivity index (χ4v) is 2.34. The molecule has 0 aliphatic carbocycles. The predicted molar refractivity (Wildman–Crippen MR) is 74.9 cm³/mol. The summed E-state index contributed by atoms with van der Waals surface area (Å²) in [6, 6.07) is 9.71. The molecule has 4 heteroatoms. The molecule has 0 fully saturated rings. The average molecular weight is 263 g/mol. The van der Waals surface area contributed by atoms with E-state index in [-0.39, 0.29) is 6.10 Å². The molecule has 1 heterocycles. The molecule has 2 aromatic rings. The summed E-state index contributed by atoms with van der Waals surface area (Å²) in [6.07, 6.45) is 1.81. The van der Waals surface area contributed by atoms with Crippen LogP contribution in [0.1, 0.15) is 19.6 Å². The second-order valence-electron chi connectivity index (χ2n) is 4.23. The Kier molecular flexibility index (Phi) is 4.20. The van der Waals surface area contributed by atoms with Crippen molar-refractivity contribution in [2.24, 2.45) is 0 Å². The van der Waals surface area contributed by atoms with E-state index in [2.05, 4.69) is 0 Å². The summed E-state index contributed by atoms with van der Waals surface area (Å²) in [7, 11) is 0. The molecule has 2 N–H and O–H groups in total. The van der Waals surface area contributed by atoms with Gasteiger partial charge in [0.05, 0.1) is 23.8 Å². The summed E-state index contributed by atoms with van der Waals surface area (Å²) in [5.74, 6) is 2.51. The Morgan fingerprint density at radius 3 is 2.83 bits per heavy atom. The quantitative estimate of drug-likeness (QED) is 0.655. The molecule has 0 aliphatic rings. The molecule has 0 aliphatic heterocycles. The van der Waals surface area contributed by atoms with Crippen molar-refractivity contribution in [1.29, 1.82) is 0 Å². The number of nitrogens with two attached hydrogens (primary N) is 1. The molecule has 0 unspecified atom stereocenters. The van der Waals surface area contributed by atoms with E-state index >= 15 is 0 Å². The first-order valence-electron chi connectivity index (χ1n) is 5.86. The Labute approximate surface area is 111 Å². The van der Waals surface area contributed by atoms with Crippen LogP contribution >= 0.6 is 11.8 Å². The summed E-state index contributed by atoms with van der Waals surface area (Å²) in [5.41, 5.74) is 6.55. The van der Waals surface area contributed by atoms with Crippen molar-refractivity contribution in [3.8, 4) is 5.75 Å². The normalized spacial score (nSPS) is 10.8. The fourth-order valence-electron chi connectivity index (χ4n) is 1.51. The SMILES string of the molecule is CC(C)Oc1cc(SCc2ccco2)ccc1N. The Hall–Kier alpha value is -1.55. The standard InChI is InChI=1S/C14H17NO2S/c1-10(2)17-14-8-12(5-6-13(14)15)18-9-11-4-3-7-16-11/h3-8,10H,9,15H2,1-2H3. The van der Waals surface area contributed by atoms with Crippen molar-refractivity contribution in [3.05, 3.63) is 42.4 Å². The molecule has 0 amide bonds. The van der Waals surface area contributed by atoms with E-state index in [9.17, 15) is 0 Å². The van der Waals surface area contributed by atoms with Gasteiger partial charge in [-0.05, 0) is 44.2 Å². The number of thioether (sulfide) groups is 1. The molecule has 3 nitrogen and oxygen atoms in total. The number of anilines is 1. The van der Waals surface area contributed by atoms with Crippen molar-refractivity contribution in [3.63, 3.8) is 0 Å². The van der Waals surface area contributed by atoms with Crippen LogP contribution < -0.4 is 10.5 Å². The zero-order valence-corrected chi connectivity index (χ0v) is 11.4. The summed E-state index contributed by atoms with van der Waals surface area (Å²) in [4.78, 5) is 1.12. The van der Waals surface area contributed by atoms with E-state index in [1.165, 1.54) is 0 Å². The number of hydrogen-bond acceptors (Lipinski definition) is 4. The Morgan fingerprint density at radius 1 is 1.33 bits per heavy atom. The van der Waals surface area contributed by atoms with Gasteiger partial charge in [0.2, 0.25) is 0 Å². The Morgan fingerprint density at radius 2 is 2.17 bits per heavy atom. The number of rotatable bonds is 5. The van der Waals surface area contributed by atoms with Crippen LogP contribution in [0.15, 0.2) is 45.9 Å². The molecule has 2 rings (SSSR count). The van der Waals surface area contributed by atoms with Gasteiger partial charge in [-0.25, -0.2) is 0 Å². The van der Waals surface area contributed by atoms with Crippen LogP contribution in [-0.2, 0) is 5.75 Å². The van der Waals surface area contributed by atoms with E-state index < -0.39 is 0 Å². The molecule has 0 spiro atoms. The van der Waals surface area contributed by atoms with Crippen LogP contribution in [0.5, 0.6) is 5.75 Å². The van der Waals surface area contributed by atoms with Gasteiger partial charge in [0.1, 0.15) is 11.5 Å². The van der Waals surface area contributed by atoms with Crippen LogP contribution in [0.2, 0.25) is 0 Å². The lowest BCUT2D eigenvalue weighted by molar-refractivity contribution is 0.243. The first-order chi connectivity index (χ1) is 8.65. The fraction of sp³-hybridized carbons (Fsp3) is 0.286. The highest BCUT2D eigenvalue weighted by atomic mass is 32.2. The van der Waals surface area contributed by atoms with Crippen molar-refractivity contribution < 1.29 is 9.15 Å². The van der Waals surface area contributed by atoms with Gasteiger partial charge in [-0.1, -0.05) is 0 Å². The van der Waals surface area contributed by atoms with Crippen LogP contribution in [0.3, 0.4) is 0 Å². The van der Waals surface area contributed by atoms with Gasteiger partial charge in [0.15, 0.2) is 0 Å². The smallest absolute Gasteiger partial charge is 0.143 e. The van der Waals surface area contributed by atoms with Gasteiger partial charge in [0, 0.05) is 4.90 Å². The first-order valence-corrected chi connectivity index (χ1v) is 6.85. The van der Waals surface area contributed by atoms with Crippen LogP contribution in [0.4, 0.5) is 5.69 Å². The minimum absolute atomic E-state index is 0.123. The van der Waals surface area contributed by atoms with Crippen LogP contribution in [0, 0.1) is 0 Å². The third-order valence-corrected chi connectivity index (χ3v) is 3.33. The topological polar surface area (TPSA) is 48.4 Å². The van der Waals surface area contributed by atoms with Gasteiger partial charge >= 0.3 is 0 Å². The van der Waals surface area contributed by atoms with Gasteiger partial charge in [-0.2, -0.15) is 0 Å². The minimum atomic E-state index is 0.123. The highest BCUT2D eigenvalue weighted by molar-refractivity contribution is 7.98. The zero-order valence-electron chi connectivity index (χ0n) is 10.6. The average Bonchev–Trinajstić information content (AvgIpc) is 2.82. The van der Waals surface area contributed by atoms with E-state index in [1.54, 1.807) is 18.0 Å². The number of nitrogen functional groups attached to an aromatic ring is 1. The minimum Gasteiger partial charge on any atom is -0.489 e. The Bertz CT molecular complexity index is 495. The number of furan rings is 1. The third-order valence-electron chi connectivity index (χ3n) is 2.31. The molecule has 1 aromatic heterocycles. The van der Waals surface area contributed by atoms with E-state index in [0.717, 1.165) is 22.2 Å². The maximum Gasteiger partial charge on any atom is 0.143 e. The summed E-state index contributed by atoms with van der Waals surface area (Å²) < 4.78 is 11.0. The lowest BCUT2D eigenvalue weighted by Crippen LogP contribution is -2.07. The number of benzene rings is 1. The Balaban J connectivity index is 2.04. The molecule has 18 heavy (non-hydrogen) atoms. The van der Waals surface area contributed by atoms with Gasteiger partial charge in [-0.3, -0.25) is 0 Å². The largest absolute Gasteiger partial charge is 0.489 e. The lowest BCUT2D eigenvalue weighted by atomic mass is 10.3. The molecular weight excluding hydrogens is 246 g/mol. The first kappa shape index (κ1) is 12.9. The predicted octanol–water partition coefficient (Wildman–Crippen LogP) is 3.94. The molecule has 96 valence electrons. The van der Waals surface area contributed by atoms with E-state index in [0.29, 0.717) is 5.69 Å². The van der Waals surface area contributed by atoms with Gasteiger partial charge in [-0.15, -0.1) is 11.8 Å². The second-order valence-corrected chi connectivity index (χ2v) is 5.28. The van der Waals surface area contributed by atoms with Gasteiger partial charge in [0.25, 0.3) is 0 Å². The molecule has 0 saturated carbocycles. The molecule has 1 aromatic carbocycles. The highest BCUT2D eigenvalue weighted by Gasteiger charge is 2.06. The lowest BCUT2D eigenvalue weighted by Gasteiger charge is -2.13. The highest BCUT2D eigenvalue weighted by Crippen LogP contribution is 2.30. The number of ether oxygens (including phenoxy) is 1.